The fourth-order valence-corrected chi connectivity index (χ4v) is 14.8. The highest BCUT2D eigenvalue weighted by atomic mass is 32.3. The number of rotatable bonds is 12. The molecule has 158 valence electrons. The van der Waals surface area contributed by atoms with Crippen LogP contribution in [0, 0.1) is 0 Å². The van der Waals surface area contributed by atoms with E-state index in [4.69, 9.17) is 0 Å². The van der Waals surface area contributed by atoms with Gasteiger partial charge in [-0.15, -0.1) is 47.0 Å². The summed E-state index contributed by atoms with van der Waals surface area (Å²) >= 11 is 20.5. The molecule has 0 saturated heterocycles. The first-order valence-electron chi connectivity index (χ1n) is 9.79. The molecule has 0 aromatic heterocycles. The monoisotopic (exact) mass is 544 g/mol. The average Bonchev–Trinajstić information content (AvgIpc) is 3.33. The second-order valence-electron chi connectivity index (χ2n) is 6.43. The molecule has 0 nitrogen and oxygen atoms in total. The molecule has 3 aliphatic heterocycles. The van der Waals surface area contributed by atoms with Gasteiger partial charge >= 0.3 is 0 Å². The van der Waals surface area contributed by atoms with Crippen molar-refractivity contribution in [2.45, 2.75) is 51.4 Å². The molecule has 0 saturated carbocycles. The third-order valence-electron chi connectivity index (χ3n) is 4.26. The third kappa shape index (κ3) is 8.05. The van der Waals surface area contributed by atoms with Gasteiger partial charge in [0.15, 0.2) is 0 Å². The van der Waals surface area contributed by atoms with E-state index >= 15 is 0 Å². The molecule has 0 bridgehead atoms. The highest BCUT2D eigenvalue weighted by Crippen LogP contribution is 2.66. The predicted molar refractivity (Wildman–Crippen MR) is 153 cm³/mol. The predicted octanol–water partition coefficient (Wildman–Crippen LogP) is 9.95. The van der Waals surface area contributed by atoms with Gasteiger partial charge in [-0.25, -0.2) is 0 Å². The molecule has 0 fully saturated rings. The van der Waals surface area contributed by atoms with Crippen LogP contribution in [0.25, 0.3) is 0 Å². The zero-order valence-corrected chi connectivity index (χ0v) is 23.6. The standard InChI is InChI=1S/C19H28S9/c1-21-14-15(22-11-9-7-5-3-2-4-6-8-10-20)26-18(25-14)19-27-16-17(28-19)24-13-12-23-16/h20H,2-13H2,1H3. The van der Waals surface area contributed by atoms with Crippen molar-refractivity contribution in [2.24, 2.45) is 0 Å². The van der Waals surface area contributed by atoms with Crippen molar-refractivity contribution < 1.29 is 0 Å². The first-order valence-corrected chi connectivity index (χ1v) is 17.9. The van der Waals surface area contributed by atoms with Crippen molar-refractivity contribution in [3.63, 3.8) is 0 Å². The van der Waals surface area contributed by atoms with Crippen molar-refractivity contribution >= 4 is 107 Å². The lowest BCUT2D eigenvalue weighted by Gasteiger charge is -2.08. The smallest absolute Gasteiger partial charge is 0.0717 e. The number of hydrogen-bond donors (Lipinski definition) is 1. The van der Waals surface area contributed by atoms with Crippen LogP contribution in [0.3, 0.4) is 0 Å². The maximum absolute atomic E-state index is 4.28. The van der Waals surface area contributed by atoms with Crippen LogP contribution in [0.15, 0.2) is 25.4 Å². The summed E-state index contributed by atoms with van der Waals surface area (Å²) < 4.78 is 9.25. The Morgan fingerprint density at radius 2 is 1.21 bits per heavy atom. The molecule has 0 atom stereocenters. The van der Waals surface area contributed by atoms with Crippen LogP contribution in [0.4, 0.5) is 0 Å². The maximum Gasteiger partial charge on any atom is 0.0717 e. The average molecular weight is 545 g/mol. The molecule has 0 radical (unpaired) electrons. The Bertz CT molecular complexity index is 589. The van der Waals surface area contributed by atoms with Crippen molar-refractivity contribution in [3.05, 3.63) is 25.4 Å². The Morgan fingerprint density at radius 3 is 1.82 bits per heavy atom. The molecule has 3 aliphatic rings. The molecule has 0 spiro atoms. The molecule has 0 aliphatic carbocycles. The van der Waals surface area contributed by atoms with E-state index in [1.54, 1.807) is 12.7 Å². The van der Waals surface area contributed by atoms with E-state index in [0.29, 0.717) is 0 Å². The molecule has 0 aromatic carbocycles. The first kappa shape index (κ1) is 25.0. The summed E-state index contributed by atoms with van der Waals surface area (Å²) in [4.78, 5) is 0. The normalized spacial score (nSPS) is 19.9. The Hall–Kier alpha value is 2.37. The molecule has 0 amide bonds. The van der Waals surface area contributed by atoms with E-state index in [1.165, 1.54) is 81.3 Å². The number of unbranched alkanes of at least 4 members (excludes halogenated alkanes) is 7. The Balaban J connectivity index is 1.34. The molecule has 3 heterocycles. The van der Waals surface area contributed by atoms with Crippen LogP contribution >= 0.6 is 107 Å². The summed E-state index contributed by atoms with van der Waals surface area (Å²) in [7, 11) is 0. The van der Waals surface area contributed by atoms with Crippen molar-refractivity contribution in [1.29, 1.82) is 0 Å². The molecule has 9 heteroatoms. The van der Waals surface area contributed by atoms with Gasteiger partial charge in [-0.1, -0.05) is 85.6 Å². The Kier molecular flexibility index (Phi) is 13.0. The van der Waals surface area contributed by atoms with Gasteiger partial charge in [0.2, 0.25) is 0 Å². The van der Waals surface area contributed by atoms with Gasteiger partial charge in [-0.05, 0) is 30.6 Å². The van der Waals surface area contributed by atoms with Gasteiger partial charge in [-0.2, -0.15) is 12.6 Å². The summed E-state index contributed by atoms with van der Waals surface area (Å²) in [5, 5.41) is 0. The van der Waals surface area contributed by atoms with E-state index in [-0.39, 0.29) is 0 Å². The van der Waals surface area contributed by atoms with E-state index < -0.39 is 0 Å². The third-order valence-corrected chi connectivity index (χ3v) is 16.3. The molecule has 3 rings (SSSR count). The summed E-state index contributed by atoms with van der Waals surface area (Å²) in [6.07, 6.45) is 13.3. The maximum atomic E-state index is 4.28. The molecule has 0 aromatic rings. The number of thioether (sulfide) groups is 8. The summed E-state index contributed by atoms with van der Waals surface area (Å²) in [6.45, 7) is 0. The van der Waals surface area contributed by atoms with Crippen molar-refractivity contribution in [1.82, 2.24) is 0 Å². The second kappa shape index (κ2) is 14.5. The SMILES string of the molecule is CSC1=C(SCCCCCCCCCCS)SC(=C2SC3=C(SCCS3)S2)S1. The van der Waals surface area contributed by atoms with Gasteiger partial charge in [0.25, 0.3) is 0 Å². The lowest BCUT2D eigenvalue weighted by atomic mass is 10.1. The lowest BCUT2D eigenvalue weighted by molar-refractivity contribution is 0.588. The number of hydrogen-bond acceptors (Lipinski definition) is 9. The highest BCUT2D eigenvalue weighted by Gasteiger charge is 2.31. The minimum atomic E-state index is 1.05. The zero-order valence-electron chi connectivity index (χ0n) is 16.2. The fourth-order valence-electron chi connectivity index (χ4n) is 2.81. The van der Waals surface area contributed by atoms with Gasteiger partial charge in [-0.3, -0.25) is 0 Å². The van der Waals surface area contributed by atoms with Gasteiger partial charge in [0, 0.05) is 11.5 Å². The minimum Gasteiger partial charge on any atom is -0.179 e. The molecular formula is C19H28S9. The van der Waals surface area contributed by atoms with Gasteiger partial charge < -0.3 is 0 Å². The van der Waals surface area contributed by atoms with Gasteiger partial charge in [0.1, 0.15) is 0 Å². The van der Waals surface area contributed by atoms with Crippen LogP contribution in [0.2, 0.25) is 0 Å². The Labute approximate surface area is 210 Å². The summed E-state index contributed by atoms with van der Waals surface area (Å²) in [6, 6.07) is 0. The van der Waals surface area contributed by atoms with Crippen LogP contribution in [-0.2, 0) is 0 Å². The van der Waals surface area contributed by atoms with Crippen molar-refractivity contribution in [2.75, 3.05) is 29.3 Å². The molecule has 28 heavy (non-hydrogen) atoms. The van der Waals surface area contributed by atoms with E-state index in [9.17, 15) is 0 Å². The summed E-state index contributed by atoms with van der Waals surface area (Å²) in [5.74, 6) is 4.86. The first-order chi connectivity index (χ1) is 13.8. The molecule has 0 unspecified atom stereocenters. The zero-order chi connectivity index (χ0) is 19.6. The van der Waals surface area contributed by atoms with Crippen LogP contribution < -0.4 is 0 Å². The fraction of sp³-hybridized carbons (Fsp3) is 0.684. The summed E-state index contributed by atoms with van der Waals surface area (Å²) in [5.41, 5.74) is 0. The van der Waals surface area contributed by atoms with Gasteiger partial charge in [0.05, 0.1) is 25.4 Å². The van der Waals surface area contributed by atoms with E-state index in [1.807, 2.05) is 58.8 Å². The molecule has 0 N–H and O–H groups in total. The van der Waals surface area contributed by atoms with E-state index in [2.05, 4.69) is 54.2 Å². The van der Waals surface area contributed by atoms with Crippen molar-refractivity contribution in [3.8, 4) is 0 Å². The van der Waals surface area contributed by atoms with Crippen LogP contribution in [0.1, 0.15) is 51.4 Å². The molecular weight excluding hydrogens is 517 g/mol. The number of thiol groups is 1. The van der Waals surface area contributed by atoms with E-state index in [0.717, 1.165) is 5.75 Å². The lowest BCUT2D eigenvalue weighted by Crippen LogP contribution is -1.88. The Morgan fingerprint density at radius 1 is 0.679 bits per heavy atom. The largest absolute Gasteiger partial charge is 0.179 e. The minimum absolute atomic E-state index is 1.05. The van der Waals surface area contributed by atoms with Crippen LogP contribution in [0.5, 0.6) is 0 Å². The topological polar surface area (TPSA) is 0 Å². The second-order valence-corrected chi connectivity index (χ2v) is 16.6. The highest BCUT2D eigenvalue weighted by molar-refractivity contribution is 8.45. The quantitative estimate of drug-likeness (QED) is 0.188. The van der Waals surface area contributed by atoms with Crippen LogP contribution in [-0.4, -0.2) is 29.3 Å².